The van der Waals surface area contributed by atoms with Gasteiger partial charge in [0, 0.05) is 0 Å². The van der Waals surface area contributed by atoms with E-state index in [4.69, 9.17) is 15.3 Å². The summed E-state index contributed by atoms with van der Waals surface area (Å²) in [6.07, 6.45) is 4.11. The molecule has 0 fully saturated rings. The Morgan fingerprint density at radius 1 is 1.35 bits per heavy atom. The van der Waals surface area contributed by atoms with E-state index < -0.39 is 24.1 Å². The Morgan fingerprint density at radius 3 is 2.25 bits per heavy atom. The predicted molar refractivity (Wildman–Crippen MR) is 65.2 cm³/mol. The molecule has 0 radical (unpaired) electrons. The molecule has 0 saturated carbocycles. The molecule has 2 unspecified atom stereocenters. The van der Waals surface area contributed by atoms with Gasteiger partial charge in [0.15, 0.2) is 6.10 Å². The first kappa shape index (κ1) is 18.1. The van der Waals surface area contributed by atoms with Crippen LogP contribution in [0.25, 0.3) is 0 Å². The number of imidazole rings is 1. The number of aryl methyl sites for hydroxylation is 2. The van der Waals surface area contributed by atoms with Crippen molar-refractivity contribution < 1.29 is 34.6 Å². The van der Waals surface area contributed by atoms with Crippen LogP contribution in [0, 0.1) is 0 Å². The molecule has 0 aromatic carbocycles. The van der Waals surface area contributed by atoms with Gasteiger partial charge in [-0.3, -0.25) is 0 Å². The summed E-state index contributed by atoms with van der Waals surface area (Å²) in [5.74, 6) is -3.83. The van der Waals surface area contributed by atoms with Crippen LogP contribution < -0.4 is 9.67 Å². The van der Waals surface area contributed by atoms with Gasteiger partial charge in [-0.25, -0.2) is 13.9 Å². The Kier molecular flexibility index (Phi) is 8.18. The Bertz CT molecular complexity index is 413. The van der Waals surface area contributed by atoms with Crippen LogP contribution in [0.2, 0.25) is 0 Å². The number of carbonyl (C=O) groups is 2. The molecule has 0 aliphatic rings. The zero-order chi connectivity index (χ0) is 15.7. The molecule has 0 aliphatic carbocycles. The monoisotopic (exact) mass is 288 g/mol. The molecule has 20 heavy (non-hydrogen) atoms. The summed E-state index contributed by atoms with van der Waals surface area (Å²) in [5.41, 5.74) is 0. The molecule has 0 saturated heterocycles. The summed E-state index contributed by atoms with van der Waals surface area (Å²) in [5, 5.41) is 34.1. The van der Waals surface area contributed by atoms with Gasteiger partial charge in [-0.1, -0.05) is 13.3 Å². The highest BCUT2D eigenvalue weighted by Crippen LogP contribution is 1.92. The van der Waals surface area contributed by atoms with Crippen LogP contribution in [0.15, 0.2) is 18.7 Å². The number of nitrogens with zero attached hydrogens (tertiary/aromatic N) is 2. The maximum atomic E-state index is 9.74. The van der Waals surface area contributed by atoms with Crippen molar-refractivity contribution in [2.45, 2.75) is 38.5 Å². The third-order valence-electron chi connectivity index (χ3n) is 2.39. The maximum absolute atomic E-state index is 9.74. The minimum atomic E-state index is -2.38. The van der Waals surface area contributed by atoms with E-state index >= 15 is 0 Å². The van der Waals surface area contributed by atoms with Gasteiger partial charge < -0.3 is 25.2 Å². The lowest BCUT2D eigenvalue weighted by atomic mass is 10.2. The molecule has 0 spiro atoms. The van der Waals surface area contributed by atoms with Gasteiger partial charge in [-0.2, -0.15) is 0 Å². The molecule has 1 heterocycles. The molecular formula is C12H20N2O6. The van der Waals surface area contributed by atoms with Gasteiger partial charge in [-0.15, -0.1) is 0 Å². The molecular weight excluding hydrogens is 268 g/mol. The molecule has 114 valence electrons. The van der Waals surface area contributed by atoms with Crippen molar-refractivity contribution in [3.05, 3.63) is 18.7 Å². The van der Waals surface area contributed by atoms with Crippen molar-refractivity contribution in [1.29, 1.82) is 0 Å². The van der Waals surface area contributed by atoms with E-state index in [2.05, 4.69) is 34.8 Å². The van der Waals surface area contributed by atoms with Crippen LogP contribution in [0.5, 0.6) is 0 Å². The van der Waals surface area contributed by atoms with Crippen LogP contribution in [0.1, 0.15) is 19.8 Å². The lowest BCUT2D eigenvalue weighted by Crippen LogP contribution is -2.46. The second-order valence-electron chi connectivity index (χ2n) is 4.22. The second kappa shape index (κ2) is 9.05. The zero-order valence-corrected chi connectivity index (χ0v) is 11.5. The lowest BCUT2D eigenvalue weighted by Gasteiger charge is -2.13. The van der Waals surface area contributed by atoms with Crippen molar-refractivity contribution >= 4 is 11.9 Å². The fourth-order valence-corrected chi connectivity index (χ4v) is 1.24. The van der Waals surface area contributed by atoms with Gasteiger partial charge in [0.2, 0.25) is 6.33 Å². The lowest BCUT2D eigenvalue weighted by molar-refractivity contribution is -0.671. The number of rotatable bonds is 6. The number of aliphatic hydroxyl groups is 2. The Labute approximate surface area is 116 Å². The van der Waals surface area contributed by atoms with E-state index in [-0.39, 0.29) is 0 Å². The van der Waals surface area contributed by atoms with E-state index in [0.29, 0.717) is 0 Å². The minimum Gasteiger partial charge on any atom is -0.547 e. The van der Waals surface area contributed by atoms with Gasteiger partial charge >= 0.3 is 5.97 Å². The number of hydrogen-bond acceptors (Lipinski definition) is 5. The van der Waals surface area contributed by atoms with E-state index in [9.17, 15) is 14.7 Å². The molecule has 8 nitrogen and oxygen atoms in total. The molecule has 8 heteroatoms. The van der Waals surface area contributed by atoms with Crippen LogP contribution in [0.4, 0.5) is 0 Å². The number of carbonyl (C=O) groups excluding carboxylic acids is 1. The highest BCUT2D eigenvalue weighted by molar-refractivity contribution is 5.81. The first-order valence-corrected chi connectivity index (χ1v) is 6.10. The van der Waals surface area contributed by atoms with Crippen LogP contribution >= 0.6 is 0 Å². The summed E-state index contributed by atoms with van der Waals surface area (Å²) >= 11 is 0. The number of aromatic nitrogens is 2. The zero-order valence-electron chi connectivity index (χ0n) is 11.5. The van der Waals surface area contributed by atoms with E-state index in [0.717, 1.165) is 6.54 Å². The van der Waals surface area contributed by atoms with E-state index in [1.54, 1.807) is 0 Å². The summed E-state index contributed by atoms with van der Waals surface area (Å²) in [7, 11) is 2.04. The fourth-order valence-electron chi connectivity index (χ4n) is 1.24. The maximum Gasteiger partial charge on any atom is 0.335 e. The smallest absolute Gasteiger partial charge is 0.335 e. The standard InChI is InChI=1S/C8H15N2.C4H6O6/c1-3-4-5-10-7-6-9(2)8-10;5-1(3(7)8)2(6)4(9)10/h6-8H,3-5H2,1-2H3;1-2,5-6H,(H,7,8)(H,9,10)/q+1;/p-1. The van der Waals surface area contributed by atoms with Gasteiger partial charge in [0.05, 0.1) is 19.6 Å². The summed E-state index contributed by atoms with van der Waals surface area (Å²) in [6, 6.07) is 0. The summed E-state index contributed by atoms with van der Waals surface area (Å²) in [6.45, 7) is 3.36. The highest BCUT2D eigenvalue weighted by Gasteiger charge is 2.23. The van der Waals surface area contributed by atoms with Gasteiger partial charge in [0.1, 0.15) is 18.5 Å². The van der Waals surface area contributed by atoms with Crippen LogP contribution in [0.3, 0.4) is 0 Å². The van der Waals surface area contributed by atoms with Crippen LogP contribution in [-0.4, -0.2) is 44.0 Å². The molecule has 3 N–H and O–H groups in total. The number of carboxylic acid groups (broad SMARTS) is 2. The average Bonchev–Trinajstić information content (AvgIpc) is 2.80. The van der Waals surface area contributed by atoms with E-state index in [1.165, 1.54) is 12.8 Å². The number of carboxylic acids is 2. The largest absolute Gasteiger partial charge is 0.547 e. The first-order valence-electron chi connectivity index (χ1n) is 6.10. The van der Waals surface area contributed by atoms with Gasteiger partial charge in [-0.05, 0) is 6.42 Å². The van der Waals surface area contributed by atoms with E-state index in [1.807, 2.05) is 7.05 Å². The molecule has 1 aromatic heterocycles. The number of aliphatic carboxylic acids is 2. The molecule has 0 amide bonds. The molecule has 0 aliphatic heterocycles. The Balaban J connectivity index is 0.000000361. The Morgan fingerprint density at radius 2 is 1.95 bits per heavy atom. The Hall–Kier alpha value is -1.93. The molecule has 2 atom stereocenters. The van der Waals surface area contributed by atoms with Crippen molar-refractivity contribution in [3.8, 4) is 0 Å². The highest BCUT2D eigenvalue weighted by atomic mass is 16.4. The third kappa shape index (κ3) is 6.86. The van der Waals surface area contributed by atoms with Gasteiger partial charge in [0.25, 0.3) is 0 Å². The first-order chi connectivity index (χ1) is 9.29. The van der Waals surface area contributed by atoms with Crippen molar-refractivity contribution in [2.24, 2.45) is 7.05 Å². The normalized spacial score (nSPS) is 13.0. The number of unbranched alkanes of at least 4 members (excludes halogenated alkanes) is 1. The van der Waals surface area contributed by atoms with Crippen molar-refractivity contribution in [3.63, 3.8) is 0 Å². The topological polar surface area (TPSA) is 127 Å². The molecule has 0 bridgehead atoms. The average molecular weight is 288 g/mol. The quantitative estimate of drug-likeness (QED) is 0.503. The van der Waals surface area contributed by atoms with Crippen LogP contribution in [-0.2, 0) is 23.2 Å². The summed E-state index contributed by atoms with van der Waals surface area (Å²) in [4.78, 5) is 19.4. The number of aliphatic hydroxyl groups excluding tert-OH is 2. The number of hydrogen-bond donors (Lipinski definition) is 3. The SMILES string of the molecule is CCCCn1cc[n+](C)c1.O=C([O-])C(O)C(O)C(=O)O. The minimum absolute atomic E-state index is 1.15. The third-order valence-corrected chi connectivity index (χ3v) is 2.39. The predicted octanol–water partition coefficient (Wildman–Crippen LogP) is -2.34. The summed E-state index contributed by atoms with van der Waals surface area (Å²) < 4.78 is 4.28. The van der Waals surface area contributed by atoms with Crippen molar-refractivity contribution in [1.82, 2.24) is 4.57 Å². The van der Waals surface area contributed by atoms with Crippen molar-refractivity contribution in [2.75, 3.05) is 0 Å². The molecule has 1 aromatic rings. The second-order valence-corrected chi connectivity index (χ2v) is 4.22. The fraction of sp³-hybridized carbons (Fsp3) is 0.583. The molecule has 1 rings (SSSR count).